The zero-order valence-corrected chi connectivity index (χ0v) is 10.7. The van der Waals surface area contributed by atoms with Gasteiger partial charge in [-0.1, -0.05) is 11.6 Å². The van der Waals surface area contributed by atoms with E-state index < -0.39 is 0 Å². The Morgan fingerprint density at radius 1 is 1.41 bits per heavy atom. The molecule has 0 saturated carbocycles. The summed E-state index contributed by atoms with van der Waals surface area (Å²) in [4.78, 5) is 6.68. The van der Waals surface area contributed by atoms with Gasteiger partial charge in [-0.2, -0.15) is 0 Å². The van der Waals surface area contributed by atoms with Crippen molar-refractivity contribution in [2.45, 2.75) is 6.42 Å². The predicted octanol–water partition coefficient (Wildman–Crippen LogP) is 1.44. The van der Waals surface area contributed by atoms with Crippen molar-refractivity contribution in [3.63, 3.8) is 0 Å². The molecule has 0 amide bonds. The van der Waals surface area contributed by atoms with Crippen LogP contribution >= 0.6 is 11.6 Å². The number of anilines is 1. The number of nitrogens with one attached hydrogen (secondary N) is 2. The molecule has 1 aromatic heterocycles. The summed E-state index contributed by atoms with van der Waals surface area (Å²) in [6.07, 6.45) is 2.87. The summed E-state index contributed by atoms with van der Waals surface area (Å²) in [5.41, 5.74) is 0. The number of hydrogen-bond acceptors (Lipinski definition) is 4. The fraction of sp³-hybridized carbons (Fsp3) is 0.583. The number of hydrogen-bond donors (Lipinski definition) is 2. The zero-order valence-electron chi connectivity index (χ0n) is 9.95. The highest BCUT2D eigenvalue weighted by Crippen LogP contribution is 2.16. The van der Waals surface area contributed by atoms with E-state index in [0.29, 0.717) is 5.02 Å². The van der Waals surface area contributed by atoms with Crippen LogP contribution in [-0.2, 0) is 0 Å². The van der Waals surface area contributed by atoms with E-state index in [1.54, 1.807) is 6.20 Å². The average molecular weight is 255 g/mol. The second-order valence-electron chi connectivity index (χ2n) is 4.21. The first-order valence-electron chi connectivity index (χ1n) is 6.14. The molecule has 1 aliphatic rings. The van der Waals surface area contributed by atoms with Crippen molar-refractivity contribution < 1.29 is 0 Å². The lowest BCUT2D eigenvalue weighted by molar-refractivity contribution is 0.240. The number of rotatable bonds is 5. The van der Waals surface area contributed by atoms with E-state index in [-0.39, 0.29) is 0 Å². The average Bonchev–Trinajstić information content (AvgIpc) is 2.38. The molecule has 1 saturated heterocycles. The summed E-state index contributed by atoms with van der Waals surface area (Å²) in [5, 5.41) is 7.31. The zero-order chi connectivity index (χ0) is 11.9. The van der Waals surface area contributed by atoms with E-state index in [1.165, 1.54) is 0 Å². The maximum absolute atomic E-state index is 6.01. The first-order chi connectivity index (χ1) is 8.36. The molecule has 2 rings (SSSR count). The summed E-state index contributed by atoms with van der Waals surface area (Å²) in [6.45, 7) is 6.59. The number of halogens is 1. The molecule has 2 heterocycles. The SMILES string of the molecule is Clc1cccnc1NCCCN1CCNCC1. The summed E-state index contributed by atoms with van der Waals surface area (Å²) in [7, 11) is 0. The molecule has 1 fully saturated rings. The minimum Gasteiger partial charge on any atom is -0.369 e. The van der Waals surface area contributed by atoms with E-state index in [0.717, 1.165) is 51.5 Å². The Balaban J connectivity index is 1.64. The molecule has 1 aromatic rings. The summed E-state index contributed by atoms with van der Waals surface area (Å²) in [5.74, 6) is 0.787. The molecule has 0 bridgehead atoms. The van der Waals surface area contributed by atoms with Gasteiger partial charge in [-0.3, -0.25) is 0 Å². The molecule has 0 atom stereocenters. The molecule has 0 aromatic carbocycles. The minimum absolute atomic E-state index is 0.690. The van der Waals surface area contributed by atoms with E-state index in [4.69, 9.17) is 11.6 Å². The van der Waals surface area contributed by atoms with Crippen molar-refractivity contribution in [2.24, 2.45) is 0 Å². The quantitative estimate of drug-likeness (QED) is 0.781. The number of pyridine rings is 1. The fourth-order valence-electron chi connectivity index (χ4n) is 1.96. The Kier molecular flexibility index (Phi) is 5.04. The summed E-state index contributed by atoms with van der Waals surface area (Å²) >= 11 is 6.01. The van der Waals surface area contributed by atoms with Gasteiger partial charge in [-0.15, -0.1) is 0 Å². The van der Waals surface area contributed by atoms with Gasteiger partial charge in [-0.05, 0) is 25.1 Å². The van der Waals surface area contributed by atoms with Crippen LogP contribution < -0.4 is 10.6 Å². The van der Waals surface area contributed by atoms with E-state index in [2.05, 4.69) is 20.5 Å². The monoisotopic (exact) mass is 254 g/mol. The highest BCUT2D eigenvalue weighted by atomic mass is 35.5. The van der Waals surface area contributed by atoms with Crippen molar-refractivity contribution in [1.29, 1.82) is 0 Å². The highest BCUT2D eigenvalue weighted by Gasteiger charge is 2.08. The molecule has 17 heavy (non-hydrogen) atoms. The van der Waals surface area contributed by atoms with Gasteiger partial charge in [0.25, 0.3) is 0 Å². The van der Waals surface area contributed by atoms with Crippen LogP contribution in [0.3, 0.4) is 0 Å². The number of piperazine rings is 1. The Bertz CT molecular complexity index is 339. The lowest BCUT2D eigenvalue weighted by Crippen LogP contribution is -2.44. The lowest BCUT2D eigenvalue weighted by atomic mass is 10.3. The van der Waals surface area contributed by atoms with Gasteiger partial charge in [0.2, 0.25) is 0 Å². The first-order valence-corrected chi connectivity index (χ1v) is 6.51. The normalized spacial score (nSPS) is 17.0. The van der Waals surface area contributed by atoms with Gasteiger partial charge in [0, 0.05) is 38.9 Å². The second-order valence-corrected chi connectivity index (χ2v) is 4.61. The van der Waals surface area contributed by atoms with Crippen molar-refractivity contribution in [3.8, 4) is 0 Å². The van der Waals surface area contributed by atoms with Gasteiger partial charge in [0.1, 0.15) is 5.82 Å². The van der Waals surface area contributed by atoms with Crippen molar-refractivity contribution in [3.05, 3.63) is 23.4 Å². The van der Waals surface area contributed by atoms with E-state index in [9.17, 15) is 0 Å². The Labute approximate surface area is 107 Å². The number of nitrogens with zero attached hydrogens (tertiary/aromatic N) is 2. The van der Waals surface area contributed by atoms with Crippen LogP contribution in [0.2, 0.25) is 5.02 Å². The largest absolute Gasteiger partial charge is 0.369 e. The molecular weight excluding hydrogens is 236 g/mol. The van der Waals surface area contributed by atoms with E-state index >= 15 is 0 Å². The Hall–Kier alpha value is -0.840. The molecular formula is C12H19ClN4. The summed E-state index contributed by atoms with van der Waals surface area (Å²) < 4.78 is 0. The second kappa shape index (κ2) is 6.79. The molecule has 0 aliphatic carbocycles. The van der Waals surface area contributed by atoms with Gasteiger partial charge >= 0.3 is 0 Å². The summed E-state index contributed by atoms with van der Waals surface area (Å²) in [6, 6.07) is 3.70. The molecule has 0 radical (unpaired) electrons. The van der Waals surface area contributed by atoms with Crippen LogP contribution in [0, 0.1) is 0 Å². The van der Waals surface area contributed by atoms with Crippen molar-refractivity contribution >= 4 is 17.4 Å². The van der Waals surface area contributed by atoms with Crippen LogP contribution in [0.4, 0.5) is 5.82 Å². The third-order valence-electron chi connectivity index (χ3n) is 2.91. The van der Waals surface area contributed by atoms with Crippen LogP contribution in [0.25, 0.3) is 0 Å². The molecule has 0 unspecified atom stereocenters. The molecule has 2 N–H and O–H groups in total. The number of aromatic nitrogens is 1. The maximum Gasteiger partial charge on any atom is 0.144 e. The topological polar surface area (TPSA) is 40.2 Å². The first kappa shape index (κ1) is 12.6. The van der Waals surface area contributed by atoms with Crippen molar-refractivity contribution in [1.82, 2.24) is 15.2 Å². The third-order valence-corrected chi connectivity index (χ3v) is 3.22. The van der Waals surface area contributed by atoms with Gasteiger partial charge in [-0.25, -0.2) is 4.98 Å². The smallest absolute Gasteiger partial charge is 0.144 e. The van der Waals surface area contributed by atoms with E-state index in [1.807, 2.05) is 12.1 Å². The van der Waals surface area contributed by atoms with Gasteiger partial charge in [0.15, 0.2) is 0 Å². The van der Waals surface area contributed by atoms with Crippen molar-refractivity contribution in [2.75, 3.05) is 44.6 Å². The minimum atomic E-state index is 0.690. The molecule has 5 heteroatoms. The lowest BCUT2D eigenvalue weighted by Gasteiger charge is -2.27. The van der Waals surface area contributed by atoms with Crippen LogP contribution in [0.15, 0.2) is 18.3 Å². The van der Waals surface area contributed by atoms with Crippen LogP contribution in [0.5, 0.6) is 0 Å². The Morgan fingerprint density at radius 2 is 2.24 bits per heavy atom. The highest BCUT2D eigenvalue weighted by molar-refractivity contribution is 6.32. The van der Waals surface area contributed by atoms with Crippen LogP contribution in [0.1, 0.15) is 6.42 Å². The molecule has 4 nitrogen and oxygen atoms in total. The molecule has 94 valence electrons. The fourth-order valence-corrected chi connectivity index (χ4v) is 2.15. The standard InChI is InChI=1S/C12H19ClN4/c13-11-3-1-4-15-12(11)16-5-2-8-17-9-6-14-7-10-17/h1,3-4,14H,2,5-10H2,(H,15,16). The Morgan fingerprint density at radius 3 is 3.00 bits per heavy atom. The van der Waals surface area contributed by atoms with Gasteiger partial charge in [0.05, 0.1) is 5.02 Å². The molecule has 0 spiro atoms. The van der Waals surface area contributed by atoms with Crippen LogP contribution in [-0.4, -0.2) is 49.2 Å². The van der Waals surface area contributed by atoms with Gasteiger partial charge < -0.3 is 15.5 Å². The third kappa shape index (κ3) is 4.15. The maximum atomic E-state index is 6.01. The molecule has 1 aliphatic heterocycles. The predicted molar refractivity (Wildman–Crippen MR) is 71.7 cm³/mol.